The van der Waals surface area contributed by atoms with Crippen molar-refractivity contribution in [2.24, 2.45) is 11.3 Å². The van der Waals surface area contributed by atoms with E-state index in [0.29, 0.717) is 11.3 Å². The molecule has 0 amide bonds. The zero-order valence-electron chi connectivity index (χ0n) is 12.3. The normalized spacial score (nSPS) is 18.4. The number of hydrogen-bond acceptors (Lipinski definition) is 2. The highest BCUT2D eigenvalue weighted by molar-refractivity contribution is 5.35. The molecule has 0 aliphatic heterocycles. The van der Waals surface area contributed by atoms with E-state index in [0.717, 1.165) is 12.1 Å². The van der Waals surface area contributed by atoms with Crippen LogP contribution >= 0.6 is 0 Å². The van der Waals surface area contributed by atoms with E-state index in [9.17, 15) is 8.78 Å². The van der Waals surface area contributed by atoms with Crippen LogP contribution in [-0.2, 0) is 0 Å². The van der Waals surface area contributed by atoms with Crippen molar-refractivity contribution in [3.63, 3.8) is 0 Å². The van der Waals surface area contributed by atoms with Crippen molar-refractivity contribution in [1.82, 2.24) is 5.32 Å². The van der Waals surface area contributed by atoms with Gasteiger partial charge in [0.2, 0.25) is 0 Å². The number of nitrogens with one attached hydrogen (secondary N) is 1. The lowest BCUT2D eigenvalue weighted by molar-refractivity contribution is -0.0506. The number of ether oxygens (including phenoxy) is 1. The summed E-state index contributed by atoms with van der Waals surface area (Å²) in [5, 5.41) is 3.47. The Hall–Kier alpha value is -1.16. The maximum atomic E-state index is 12.4. The van der Waals surface area contributed by atoms with Gasteiger partial charge in [0.1, 0.15) is 5.75 Å². The predicted molar refractivity (Wildman–Crippen MR) is 76.0 cm³/mol. The average molecular weight is 283 g/mol. The van der Waals surface area contributed by atoms with Crippen LogP contribution in [0.15, 0.2) is 24.3 Å². The van der Waals surface area contributed by atoms with E-state index < -0.39 is 6.61 Å². The van der Waals surface area contributed by atoms with E-state index in [4.69, 9.17) is 0 Å². The third-order valence-electron chi connectivity index (χ3n) is 4.48. The van der Waals surface area contributed by atoms with Gasteiger partial charge in [0.25, 0.3) is 0 Å². The minimum Gasteiger partial charge on any atom is -0.434 e. The fourth-order valence-corrected chi connectivity index (χ4v) is 2.63. The Morgan fingerprint density at radius 3 is 2.40 bits per heavy atom. The monoisotopic (exact) mass is 283 g/mol. The first kappa shape index (κ1) is 15.2. The van der Waals surface area contributed by atoms with Crippen molar-refractivity contribution in [2.75, 3.05) is 6.54 Å². The molecule has 2 nitrogen and oxygen atoms in total. The van der Waals surface area contributed by atoms with Crippen LogP contribution in [-0.4, -0.2) is 13.2 Å². The number of para-hydroxylation sites is 1. The molecule has 1 aromatic rings. The summed E-state index contributed by atoms with van der Waals surface area (Å²) in [6.07, 6.45) is 2.50. The summed E-state index contributed by atoms with van der Waals surface area (Å²) in [6.45, 7) is 4.62. The minimum atomic E-state index is -2.78. The average Bonchev–Trinajstić information content (AvgIpc) is 3.17. The van der Waals surface area contributed by atoms with Gasteiger partial charge in [-0.25, -0.2) is 0 Å². The molecule has 0 radical (unpaired) electrons. The standard InChI is InChI=1S/C16H23F2NO/c1-11(2)16(8-9-16)10-19-12(3)13-6-4-5-7-14(13)20-15(17)18/h4-7,11-12,15,19H,8-10H2,1-3H3. The van der Waals surface area contributed by atoms with Gasteiger partial charge in [-0.1, -0.05) is 32.0 Å². The molecule has 0 spiro atoms. The number of rotatable bonds is 7. The summed E-state index contributed by atoms with van der Waals surface area (Å²) < 4.78 is 29.4. The summed E-state index contributed by atoms with van der Waals surface area (Å²) >= 11 is 0. The second-order valence-electron chi connectivity index (χ2n) is 6.04. The summed E-state index contributed by atoms with van der Waals surface area (Å²) in [5.74, 6) is 0.909. The smallest absolute Gasteiger partial charge is 0.387 e. The van der Waals surface area contributed by atoms with Gasteiger partial charge in [0.15, 0.2) is 0 Å². The number of hydrogen-bond donors (Lipinski definition) is 1. The molecular formula is C16H23F2NO. The molecule has 0 aromatic heterocycles. The Labute approximate surface area is 119 Å². The molecule has 1 aromatic carbocycles. The Morgan fingerprint density at radius 1 is 1.20 bits per heavy atom. The molecule has 1 aliphatic rings. The Morgan fingerprint density at radius 2 is 1.85 bits per heavy atom. The number of halogens is 2. The van der Waals surface area contributed by atoms with Gasteiger partial charge in [-0.2, -0.15) is 8.78 Å². The van der Waals surface area contributed by atoms with Crippen LogP contribution in [0.4, 0.5) is 8.78 Å². The quantitative estimate of drug-likeness (QED) is 0.802. The molecule has 1 unspecified atom stereocenters. The maximum absolute atomic E-state index is 12.4. The lowest BCUT2D eigenvalue weighted by Gasteiger charge is -2.24. The van der Waals surface area contributed by atoms with Gasteiger partial charge in [0.05, 0.1) is 0 Å². The zero-order chi connectivity index (χ0) is 14.8. The lowest BCUT2D eigenvalue weighted by atomic mass is 9.92. The van der Waals surface area contributed by atoms with Crippen molar-refractivity contribution < 1.29 is 13.5 Å². The molecule has 0 saturated heterocycles. The van der Waals surface area contributed by atoms with Gasteiger partial charge in [-0.3, -0.25) is 0 Å². The summed E-state index contributed by atoms with van der Waals surface area (Å²) in [5.41, 5.74) is 1.18. The van der Waals surface area contributed by atoms with Crippen molar-refractivity contribution in [2.45, 2.75) is 46.3 Å². The first-order valence-electron chi connectivity index (χ1n) is 7.22. The SMILES string of the molecule is CC(NCC1(C(C)C)CC1)c1ccccc1OC(F)F. The van der Waals surface area contributed by atoms with Crippen molar-refractivity contribution in [3.8, 4) is 5.75 Å². The highest BCUT2D eigenvalue weighted by Crippen LogP contribution is 2.51. The highest BCUT2D eigenvalue weighted by atomic mass is 19.3. The molecular weight excluding hydrogens is 260 g/mol. The van der Waals surface area contributed by atoms with E-state index in [2.05, 4.69) is 23.9 Å². The zero-order valence-corrected chi connectivity index (χ0v) is 12.3. The molecule has 4 heteroatoms. The molecule has 0 heterocycles. The molecule has 20 heavy (non-hydrogen) atoms. The molecule has 1 aliphatic carbocycles. The van der Waals surface area contributed by atoms with Crippen LogP contribution < -0.4 is 10.1 Å². The van der Waals surface area contributed by atoms with Crippen LogP contribution in [0.1, 0.15) is 45.2 Å². The molecule has 1 N–H and O–H groups in total. The van der Waals surface area contributed by atoms with Crippen molar-refractivity contribution in [1.29, 1.82) is 0 Å². The van der Waals surface area contributed by atoms with Crippen LogP contribution in [0.25, 0.3) is 0 Å². The fourth-order valence-electron chi connectivity index (χ4n) is 2.63. The fraction of sp³-hybridized carbons (Fsp3) is 0.625. The third-order valence-corrected chi connectivity index (χ3v) is 4.48. The first-order chi connectivity index (χ1) is 9.44. The van der Waals surface area contributed by atoms with Crippen LogP contribution in [0.3, 0.4) is 0 Å². The van der Waals surface area contributed by atoms with Crippen molar-refractivity contribution in [3.05, 3.63) is 29.8 Å². The maximum Gasteiger partial charge on any atom is 0.387 e. The van der Waals surface area contributed by atoms with E-state index in [1.807, 2.05) is 19.1 Å². The lowest BCUT2D eigenvalue weighted by Crippen LogP contribution is -2.30. The summed E-state index contributed by atoms with van der Waals surface area (Å²) in [6, 6.07) is 6.99. The predicted octanol–water partition coefficient (Wildman–Crippen LogP) is 4.37. The molecule has 0 bridgehead atoms. The Bertz CT molecular complexity index is 444. The minimum absolute atomic E-state index is 0.00109. The molecule has 112 valence electrons. The third kappa shape index (κ3) is 3.48. The first-order valence-corrected chi connectivity index (χ1v) is 7.22. The van der Waals surface area contributed by atoms with Crippen LogP contribution in [0.5, 0.6) is 5.75 Å². The second-order valence-corrected chi connectivity index (χ2v) is 6.04. The number of benzene rings is 1. The largest absolute Gasteiger partial charge is 0.434 e. The summed E-state index contributed by atoms with van der Waals surface area (Å²) in [4.78, 5) is 0. The van der Waals surface area contributed by atoms with E-state index in [1.165, 1.54) is 12.8 Å². The van der Waals surface area contributed by atoms with Gasteiger partial charge >= 0.3 is 6.61 Å². The Kier molecular flexibility index (Phi) is 4.63. The highest BCUT2D eigenvalue weighted by Gasteiger charge is 2.44. The molecule has 1 fully saturated rings. The van der Waals surface area contributed by atoms with E-state index in [-0.39, 0.29) is 11.8 Å². The van der Waals surface area contributed by atoms with E-state index in [1.54, 1.807) is 12.1 Å². The molecule has 1 atom stereocenters. The van der Waals surface area contributed by atoms with Crippen LogP contribution in [0.2, 0.25) is 0 Å². The molecule has 1 saturated carbocycles. The van der Waals surface area contributed by atoms with Gasteiger partial charge in [-0.15, -0.1) is 0 Å². The number of alkyl halides is 2. The van der Waals surface area contributed by atoms with Gasteiger partial charge < -0.3 is 10.1 Å². The molecule has 2 rings (SSSR count). The Balaban J connectivity index is 2.00. The van der Waals surface area contributed by atoms with Gasteiger partial charge in [0, 0.05) is 18.2 Å². The van der Waals surface area contributed by atoms with Crippen molar-refractivity contribution >= 4 is 0 Å². The summed E-state index contributed by atoms with van der Waals surface area (Å²) in [7, 11) is 0. The topological polar surface area (TPSA) is 21.3 Å². The van der Waals surface area contributed by atoms with Crippen LogP contribution in [0, 0.1) is 11.3 Å². The second kappa shape index (κ2) is 6.08. The van der Waals surface area contributed by atoms with Gasteiger partial charge in [-0.05, 0) is 37.2 Å². The van der Waals surface area contributed by atoms with E-state index >= 15 is 0 Å².